The van der Waals surface area contributed by atoms with Gasteiger partial charge in [0.2, 0.25) is 5.91 Å². The number of carbonyl (C=O) groups excluding carboxylic acids is 1. The highest BCUT2D eigenvalue weighted by Gasteiger charge is 2.30. The molecular weight excluding hydrogens is 406 g/mol. The van der Waals surface area contributed by atoms with Gasteiger partial charge in [-0.05, 0) is 37.1 Å². The molecule has 1 fully saturated rings. The SMILES string of the molecule is COc1ccc(CNCCC2CCC(=O)N2CCc2nc(-c3ccccc3)cs2)cc1. The van der Waals surface area contributed by atoms with E-state index >= 15 is 0 Å². The molecule has 1 aliphatic rings. The molecule has 31 heavy (non-hydrogen) atoms. The predicted molar refractivity (Wildman–Crippen MR) is 125 cm³/mol. The number of aromatic nitrogens is 1. The van der Waals surface area contributed by atoms with Crippen molar-refractivity contribution in [1.29, 1.82) is 0 Å². The van der Waals surface area contributed by atoms with Crippen molar-refractivity contribution in [2.24, 2.45) is 0 Å². The van der Waals surface area contributed by atoms with Gasteiger partial charge >= 0.3 is 0 Å². The molecule has 1 unspecified atom stereocenters. The van der Waals surface area contributed by atoms with Crippen molar-refractivity contribution in [1.82, 2.24) is 15.2 Å². The smallest absolute Gasteiger partial charge is 0.222 e. The molecule has 1 aliphatic heterocycles. The van der Waals surface area contributed by atoms with Crippen LogP contribution < -0.4 is 10.1 Å². The molecule has 5 nitrogen and oxygen atoms in total. The molecule has 162 valence electrons. The zero-order chi connectivity index (χ0) is 21.5. The van der Waals surface area contributed by atoms with E-state index in [1.54, 1.807) is 18.4 Å². The number of nitrogens with one attached hydrogen (secondary N) is 1. The first kappa shape index (κ1) is 21.5. The van der Waals surface area contributed by atoms with Gasteiger partial charge in [-0.25, -0.2) is 4.98 Å². The summed E-state index contributed by atoms with van der Waals surface area (Å²) in [5.74, 6) is 1.15. The first-order chi connectivity index (χ1) is 15.2. The molecule has 3 aromatic rings. The zero-order valence-corrected chi connectivity index (χ0v) is 18.7. The molecule has 1 amide bonds. The van der Waals surface area contributed by atoms with Gasteiger partial charge in [-0.15, -0.1) is 11.3 Å². The fourth-order valence-corrected chi connectivity index (χ4v) is 4.83. The van der Waals surface area contributed by atoms with Gasteiger partial charge in [-0.2, -0.15) is 0 Å². The van der Waals surface area contributed by atoms with E-state index in [0.717, 1.165) is 60.9 Å². The van der Waals surface area contributed by atoms with E-state index in [9.17, 15) is 4.79 Å². The fraction of sp³-hybridized carbons (Fsp3) is 0.360. The second kappa shape index (κ2) is 10.6. The fourth-order valence-electron chi connectivity index (χ4n) is 4.03. The van der Waals surface area contributed by atoms with E-state index in [1.807, 2.05) is 30.3 Å². The molecule has 0 aliphatic carbocycles. The number of rotatable bonds is 10. The van der Waals surface area contributed by atoms with E-state index in [4.69, 9.17) is 9.72 Å². The molecule has 0 radical (unpaired) electrons. The number of hydrogen-bond acceptors (Lipinski definition) is 5. The lowest BCUT2D eigenvalue weighted by atomic mass is 10.1. The summed E-state index contributed by atoms with van der Waals surface area (Å²) in [7, 11) is 1.68. The Balaban J connectivity index is 1.24. The highest BCUT2D eigenvalue weighted by Crippen LogP contribution is 2.24. The van der Waals surface area contributed by atoms with Crippen LogP contribution in [-0.4, -0.2) is 42.0 Å². The highest BCUT2D eigenvalue weighted by atomic mass is 32.1. The summed E-state index contributed by atoms with van der Waals surface area (Å²) in [6, 6.07) is 18.7. The number of hydrogen-bond donors (Lipinski definition) is 1. The van der Waals surface area contributed by atoms with Crippen LogP contribution in [0.4, 0.5) is 0 Å². The molecule has 0 bridgehead atoms. The molecule has 0 spiro atoms. The third kappa shape index (κ3) is 5.71. The second-order valence-electron chi connectivity index (χ2n) is 7.84. The Bertz CT molecular complexity index is 972. The van der Waals surface area contributed by atoms with Crippen molar-refractivity contribution >= 4 is 17.2 Å². The van der Waals surface area contributed by atoms with Crippen LogP contribution in [0.3, 0.4) is 0 Å². The van der Waals surface area contributed by atoms with Gasteiger partial charge in [-0.3, -0.25) is 4.79 Å². The normalized spacial score (nSPS) is 16.1. The summed E-state index contributed by atoms with van der Waals surface area (Å²) < 4.78 is 5.20. The van der Waals surface area contributed by atoms with Gasteiger partial charge in [0.15, 0.2) is 0 Å². The minimum Gasteiger partial charge on any atom is -0.497 e. The Morgan fingerprint density at radius 3 is 2.74 bits per heavy atom. The molecular formula is C25H29N3O2S. The maximum Gasteiger partial charge on any atom is 0.222 e. The maximum atomic E-state index is 12.4. The molecule has 2 aromatic carbocycles. The highest BCUT2D eigenvalue weighted by molar-refractivity contribution is 7.09. The number of carbonyl (C=O) groups is 1. The molecule has 1 N–H and O–H groups in total. The quantitative estimate of drug-likeness (QED) is 0.475. The zero-order valence-electron chi connectivity index (χ0n) is 17.9. The van der Waals surface area contributed by atoms with E-state index in [-0.39, 0.29) is 5.91 Å². The Kier molecular flexibility index (Phi) is 7.33. The van der Waals surface area contributed by atoms with Crippen molar-refractivity contribution in [2.75, 3.05) is 20.2 Å². The number of likely N-dealkylation sites (tertiary alicyclic amines) is 1. The Hall–Kier alpha value is -2.70. The van der Waals surface area contributed by atoms with E-state index in [0.29, 0.717) is 12.5 Å². The third-order valence-electron chi connectivity index (χ3n) is 5.78. The van der Waals surface area contributed by atoms with Crippen molar-refractivity contribution in [3.8, 4) is 17.0 Å². The van der Waals surface area contributed by atoms with Gasteiger partial charge in [0, 0.05) is 42.9 Å². The van der Waals surface area contributed by atoms with Gasteiger partial charge in [-0.1, -0.05) is 42.5 Å². The monoisotopic (exact) mass is 435 g/mol. The molecule has 1 aromatic heterocycles. The molecule has 1 saturated heterocycles. The Labute approximate surface area is 188 Å². The topological polar surface area (TPSA) is 54.5 Å². The number of amides is 1. The lowest BCUT2D eigenvalue weighted by Gasteiger charge is -2.24. The molecule has 2 heterocycles. The first-order valence-electron chi connectivity index (χ1n) is 10.9. The molecule has 6 heteroatoms. The standard InChI is InChI=1S/C25H29N3O2S/c1-30-22-10-7-19(8-11-22)17-26-15-13-21-9-12-25(29)28(21)16-14-24-27-23(18-31-24)20-5-3-2-4-6-20/h2-8,10-11,18,21,26H,9,12-17H2,1H3. The average Bonchev–Trinajstić information content (AvgIpc) is 3.43. The summed E-state index contributed by atoms with van der Waals surface area (Å²) in [5, 5.41) is 6.71. The van der Waals surface area contributed by atoms with Crippen LogP contribution in [-0.2, 0) is 17.8 Å². The van der Waals surface area contributed by atoms with Crippen molar-refractivity contribution in [3.05, 3.63) is 70.5 Å². The number of benzene rings is 2. The first-order valence-corrected chi connectivity index (χ1v) is 11.7. The van der Waals surface area contributed by atoms with E-state index in [2.05, 4.69) is 39.9 Å². The van der Waals surface area contributed by atoms with Gasteiger partial charge in [0.1, 0.15) is 5.75 Å². The van der Waals surface area contributed by atoms with Crippen molar-refractivity contribution < 1.29 is 9.53 Å². The van der Waals surface area contributed by atoms with Gasteiger partial charge in [0.25, 0.3) is 0 Å². The number of methoxy groups -OCH3 is 1. The summed E-state index contributed by atoms with van der Waals surface area (Å²) in [6.45, 7) is 2.48. The van der Waals surface area contributed by atoms with Crippen molar-refractivity contribution in [2.45, 2.75) is 38.3 Å². The molecule has 1 atom stereocenters. The van der Waals surface area contributed by atoms with Crippen LogP contribution in [0.25, 0.3) is 11.3 Å². The summed E-state index contributed by atoms with van der Waals surface area (Å²) in [4.78, 5) is 19.3. The van der Waals surface area contributed by atoms with Gasteiger partial charge in [0.05, 0.1) is 17.8 Å². The Morgan fingerprint density at radius 1 is 1.16 bits per heavy atom. The van der Waals surface area contributed by atoms with Crippen molar-refractivity contribution in [3.63, 3.8) is 0 Å². The minimum atomic E-state index is 0.278. The predicted octanol–water partition coefficient (Wildman–Crippen LogP) is 4.53. The number of ether oxygens (including phenoxy) is 1. The summed E-state index contributed by atoms with van der Waals surface area (Å²) in [5.41, 5.74) is 3.40. The molecule has 4 rings (SSSR count). The van der Waals surface area contributed by atoms with Crippen LogP contribution in [0.5, 0.6) is 5.75 Å². The van der Waals surface area contributed by atoms with Crippen LogP contribution in [0.1, 0.15) is 29.8 Å². The third-order valence-corrected chi connectivity index (χ3v) is 6.69. The number of nitrogens with zero attached hydrogens (tertiary/aromatic N) is 2. The lowest BCUT2D eigenvalue weighted by Crippen LogP contribution is -2.36. The molecule has 0 saturated carbocycles. The minimum absolute atomic E-state index is 0.278. The van der Waals surface area contributed by atoms with E-state index < -0.39 is 0 Å². The van der Waals surface area contributed by atoms with E-state index in [1.165, 1.54) is 5.56 Å². The summed E-state index contributed by atoms with van der Waals surface area (Å²) in [6.07, 6.45) is 3.42. The average molecular weight is 436 g/mol. The van der Waals surface area contributed by atoms with Crippen LogP contribution in [0.2, 0.25) is 0 Å². The lowest BCUT2D eigenvalue weighted by molar-refractivity contribution is -0.129. The maximum absolute atomic E-state index is 12.4. The number of thiazole rings is 1. The van der Waals surface area contributed by atoms with Crippen LogP contribution >= 0.6 is 11.3 Å². The largest absolute Gasteiger partial charge is 0.497 e. The summed E-state index contributed by atoms with van der Waals surface area (Å²) >= 11 is 1.68. The van der Waals surface area contributed by atoms with Gasteiger partial charge < -0.3 is 15.0 Å². The Morgan fingerprint density at radius 2 is 1.97 bits per heavy atom. The van der Waals surface area contributed by atoms with Crippen LogP contribution in [0.15, 0.2) is 60.0 Å². The second-order valence-corrected chi connectivity index (χ2v) is 8.78. The van der Waals surface area contributed by atoms with Crippen LogP contribution in [0, 0.1) is 0 Å².